The van der Waals surface area contributed by atoms with E-state index >= 15 is 0 Å². The third-order valence-electron chi connectivity index (χ3n) is 4.29. The molecule has 1 N–H and O–H groups in total. The van der Waals surface area contributed by atoms with Gasteiger partial charge in [0.25, 0.3) is 0 Å². The zero-order chi connectivity index (χ0) is 21.8. The van der Waals surface area contributed by atoms with Crippen molar-refractivity contribution in [3.8, 4) is 5.75 Å². The van der Waals surface area contributed by atoms with Crippen molar-refractivity contribution in [1.29, 1.82) is 0 Å². The normalized spacial score (nSPS) is 10.4. The number of hydrogen-bond acceptors (Lipinski definition) is 5. The van der Waals surface area contributed by atoms with Crippen LogP contribution in [0.2, 0.25) is 5.02 Å². The molecule has 0 aromatic heterocycles. The van der Waals surface area contributed by atoms with Crippen molar-refractivity contribution in [2.24, 2.45) is 0 Å². The van der Waals surface area contributed by atoms with Crippen LogP contribution in [0.3, 0.4) is 0 Å². The Hall–Kier alpha value is -3.45. The minimum Gasteiger partial charge on any atom is -0.496 e. The second kappa shape index (κ2) is 8.92. The first-order valence-electron chi connectivity index (χ1n) is 8.66. The smallest absolute Gasteiger partial charge is 0.337 e. The quantitative estimate of drug-likeness (QED) is 0.419. The molecule has 3 rings (SSSR count). The first-order chi connectivity index (χ1) is 14.3. The fourth-order valence-electron chi connectivity index (χ4n) is 2.80. The van der Waals surface area contributed by atoms with E-state index in [1.807, 2.05) is 0 Å². The van der Waals surface area contributed by atoms with Crippen LogP contribution in [0.25, 0.3) is 0 Å². The number of ketones is 1. The SMILES string of the molecule is COC(=O)c1ccc(OC)c(C(=O)c2ccc(Nc3ccc(F)cc3F)cc2Cl)c1. The highest BCUT2D eigenvalue weighted by atomic mass is 35.5. The van der Waals surface area contributed by atoms with E-state index < -0.39 is 23.4 Å². The fraction of sp³-hybridized carbons (Fsp3) is 0.0909. The van der Waals surface area contributed by atoms with Crippen molar-refractivity contribution in [2.75, 3.05) is 19.5 Å². The highest BCUT2D eigenvalue weighted by molar-refractivity contribution is 6.35. The predicted molar refractivity (Wildman–Crippen MR) is 109 cm³/mol. The molecule has 0 aliphatic rings. The summed E-state index contributed by atoms with van der Waals surface area (Å²) in [5.41, 5.74) is 0.925. The highest BCUT2D eigenvalue weighted by Crippen LogP contribution is 2.30. The summed E-state index contributed by atoms with van der Waals surface area (Å²) in [5, 5.41) is 2.87. The van der Waals surface area contributed by atoms with E-state index in [2.05, 4.69) is 10.1 Å². The number of rotatable bonds is 6. The Bertz CT molecular complexity index is 1130. The van der Waals surface area contributed by atoms with Gasteiger partial charge in [-0.25, -0.2) is 13.6 Å². The molecule has 3 aromatic carbocycles. The number of ether oxygens (including phenoxy) is 2. The van der Waals surface area contributed by atoms with Gasteiger partial charge in [-0.2, -0.15) is 0 Å². The number of carbonyl (C=O) groups is 2. The summed E-state index contributed by atoms with van der Waals surface area (Å²) in [4.78, 5) is 24.8. The van der Waals surface area contributed by atoms with Gasteiger partial charge in [-0.1, -0.05) is 11.6 Å². The van der Waals surface area contributed by atoms with E-state index in [1.54, 1.807) is 0 Å². The van der Waals surface area contributed by atoms with Crippen molar-refractivity contribution < 1.29 is 27.8 Å². The summed E-state index contributed by atoms with van der Waals surface area (Å²) in [6.45, 7) is 0. The van der Waals surface area contributed by atoms with Gasteiger partial charge in [0.05, 0.1) is 36.1 Å². The van der Waals surface area contributed by atoms with Crippen LogP contribution in [-0.2, 0) is 4.74 Å². The van der Waals surface area contributed by atoms with Crippen LogP contribution < -0.4 is 10.1 Å². The van der Waals surface area contributed by atoms with Crippen LogP contribution >= 0.6 is 11.6 Å². The van der Waals surface area contributed by atoms with Crippen molar-refractivity contribution in [3.05, 3.63) is 87.9 Å². The second-order valence-corrected chi connectivity index (χ2v) is 6.59. The molecular weight excluding hydrogens is 416 g/mol. The average molecular weight is 432 g/mol. The Kier molecular flexibility index (Phi) is 6.32. The Labute approximate surface area is 176 Å². The van der Waals surface area contributed by atoms with Gasteiger partial charge in [-0.05, 0) is 48.5 Å². The molecule has 0 bridgehead atoms. The topological polar surface area (TPSA) is 64.6 Å². The van der Waals surface area contributed by atoms with Crippen molar-refractivity contribution in [2.45, 2.75) is 0 Å². The van der Waals surface area contributed by atoms with Crippen LogP contribution in [0, 0.1) is 11.6 Å². The molecule has 0 amide bonds. The van der Waals surface area contributed by atoms with Gasteiger partial charge in [-0.15, -0.1) is 0 Å². The predicted octanol–water partition coefficient (Wildman–Crippen LogP) is 5.39. The zero-order valence-electron chi connectivity index (χ0n) is 16.0. The number of esters is 1. The number of carbonyl (C=O) groups excluding carboxylic acids is 2. The lowest BCUT2D eigenvalue weighted by Gasteiger charge is -2.12. The largest absolute Gasteiger partial charge is 0.496 e. The van der Waals surface area contributed by atoms with Gasteiger partial charge in [0.15, 0.2) is 5.78 Å². The minimum absolute atomic E-state index is 0.0546. The molecule has 0 fully saturated rings. The number of methoxy groups -OCH3 is 2. The number of halogens is 3. The van der Waals surface area contributed by atoms with E-state index in [0.717, 1.165) is 12.1 Å². The van der Waals surface area contributed by atoms with Crippen LogP contribution in [0.1, 0.15) is 26.3 Å². The number of anilines is 2. The molecular formula is C22H16ClF2NO4. The van der Waals surface area contributed by atoms with Gasteiger partial charge in [0.2, 0.25) is 0 Å². The molecule has 0 atom stereocenters. The Balaban J connectivity index is 1.93. The summed E-state index contributed by atoms with van der Waals surface area (Å²) in [6, 6.07) is 11.9. The second-order valence-electron chi connectivity index (χ2n) is 6.18. The molecule has 0 saturated carbocycles. The third kappa shape index (κ3) is 4.41. The van der Waals surface area contributed by atoms with Gasteiger partial charge in [-0.3, -0.25) is 4.79 Å². The summed E-state index contributed by atoms with van der Waals surface area (Å²) in [6.07, 6.45) is 0. The Morgan fingerprint density at radius 2 is 1.70 bits per heavy atom. The molecule has 0 saturated heterocycles. The van der Waals surface area contributed by atoms with E-state index in [4.69, 9.17) is 16.3 Å². The van der Waals surface area contributed by atoms with E-state index in [9.17, 15) is 18.4 Å². The summed E-state index contributed by atoms with van der Waals surface area (Å²) < 4.78 is 36.8. The van der Waals surface area contributed by atoms with Crippen LogP contribution in [-0.4, -0.2) is 26.0 Å². The maximum Gasteiger partial charge on any atom is 0.337 e. The number of benzene rings is 3. The lowest BCUT2D eigenvalue weighted by Crippen LogP contribution is -2.08. The highest BCUT2D eigenvalue weighted by Gasteiger charge is 2.20. The number of hydrogen-bond donors (Lipinski definition) is 1. The molecule has 8 heteroatoms. The lowest BCUT2D eigenvalue weighted by molar-refractivity contribution is 0.0600. The third-order valence-corrected chi connectivity index (χ3v) is 4.60. The molecule has 3 aromatic rings. The van der Waals surface area contributed by atoms with Crippen molar-refractivity contribution in [3.63, 3.8) is 0 Å². The number of nitrogens with one attached hydrogen (secondary N) is 1. The first-order valence-corrected chi connectivity index (χ1v) is 9.04. The maximum absolute atomic E-state index is 13.8. The van der Waals surface area contributed by atoms with Crippen molar-refractivity contribution in [1.82, 2.24) is 0 Å². The molecule has 0 heterocycles. The standard InChI is InChI=1S/C22H16ClF2NO4/c1-29-20-8-3-12(22(28)30-2)9-16(20)21(27)15-6-5-14(11-17(15)23)26-19-7-4-13(24)10-18(19)25/h3-11,26H,1-2H3. The molecule has 0 aliphatic heterocycles. The van der Waals surface area contributed by atoms with Gasteiger partial charge in [0, 0.05) is 17.3 Å². The van der Waals surface area contributed by atoms with Crippen LogP contribution in [0.4, 0.5) is 20.2 Å². The van der Waals surface area contributed by atoms with Gasteiger partial charge >= 0.3 is 5.97 Å². The Morgan fingerprint density at radius 3 is 2.33 bits per heavy atom. The van der Waals surface area contributed by atoms with Gasteiger partial charge in [0.1, 0.15) is 17.4 Å². The van der Waals surface area contributed by atoms with E-state index in [1.165, 1.54) is 56.7 Å². The molecule has 30 heavy (non-hydrogen) atoms. The molecule has 0 radical (unpaired) electrons. The van der Waals surface area contributed by atoms with E-state index in [-0.39, 0.29) is 33.1 Å². The van der Waals surface area contributed by atoms with Crippen LogP contribution in [0.5, 0.6) is 5.75 Å². The fourth-order valence-corrected chi connectivity index (χ4v) is 3.07. The van der Waals surface area contributed by atoms with E-state index in [0.29, 0.717) is 5.69 Å². The molecule has 154 valence electrons. The first kappa shape index (κ1) is 21.3. The lowest BCUT2D eigenvalue weighted by atomic mass is 9.99. The Morgan fingerprint density at radius 1 is 0.933 bits per heavy atom. The summed E-state index contributed by atoms with van der Waals surface area (Å²) in [5.74, 6) is -2.27. The van der Waals surface area contributed by atoms with Crippen LogP contribution in [0.15, 0.2) is 54.6 Å². The monoisotopic (exact) mass is 431 g/mol. The summed E-state index contributed by atoms with van der Waals surface area (Å²) in [7, 11) is 2.64. The summed E-state index contributed by atoms with van der Waals surface area (Å²) >= 11 is 6.28. The molecule has 0 aliphatic carbocycles. The minimum atomic E-state index is -0.768. The molecule has 5 nitrogen and oxygen atoms in total. The van der Waals surface area contributed by atoms with Gasteiger partial charge < -0.3 is 14.8 Å². The zero-order valence-corrected chi connectivity index (χ0v) is 16.7. The van der Waals surface area contributed by atoms with Crippen molar-refractivity contribution >= 4 is 34.7 Å². The average Bonchev–Trinajstić information content (AvgIpc) is 2.74. The maximum atomic E-state index is 13.8. The molecule has 0 unspecified atom stereocenters. The molecule has 0 spiro atoms.